The molecule has 2 amide bonds. The summed E-state index contributed by atoms with van der Waals surface area (Å²) in [5.41, 5.74) is -0.239. The molecule has 0 saturated carbocycles. The highest BCUT2D eigenvalue weighted by Crippen LogP contribution is 2.15. The number of hydrogen-bond acceptors (Lipinski definition) is 7. The fraction of sp³-hybridized carbons (Fsp3) is 0.542. The number of amides is 2. The summed E-state index contributed by atoms with van der Waals surface area (Å²) in [4.78, 5) is 51.3. The molecule has 34 heavy (non-hydrogen) atoms. The molecule has 2 aromatic rings. The number of hydrogen-bond donors (Lipinski definition) is 1. The highest BCUT2D eigenvalue weighted by atomic mass is 16.6. The molecule has 0 radical (unpaired) electrons. The number of unbranched alkanes of at least 4 members (excludes halogenated alkanes) is 2. The largest absolute Gasteiger partial charge is 0.451 e. The quantitative estimate of drug-likeness (QED) is 0.440. The zero-order valence-electron chi connectivity index (χ0n) is 19.7. The molecule has 0 spiro atoms. The van der Waals surface area contributed by atoms with Gasteiger partial charge in [0.15, 0.2) is 12.3 Å². The van der Waals surface area contributed by atoms with Crippen molar-refractivity contribution in [2.24, 2.45) is 0 Å². The van der Waals surface area contributed by atoms with Gasteiger partial charge >= 0.3 is 12.1 Å². The van der Waals surface area contributed by atoms with E-state index >= 15 is 0 Å². The van der Waals surface area contributed by atoms with E-state index in [-0.39, 0.29) is 23.4 Å². The second-order valence-electron chi connectivity index (χ2n) is 8.23. The van der Waals surface area contributed by atoms with Crippen LogP contribution < -0.4 is 10.9 Å². The lowest BCUT2D eigenvalue weighted by atomic mass is 10.1. The molecule has 2 heterocycles. The molecule has 10 nitrogen and oxygen atoms in total. The molecule has 184 valence electrons. The number of rotatable bonds is 9. The lowest BCUT2D eigenvalue weighted by Crippen LogP contribution is -2.47. The Labute approximate surface area is 198 Å². The molecule has 0 unspecified atom stereocenters. The van der Waals surface area contributed by atoms with Crippen molar-refractivity contribution >= 4 is 28.7 Å². The maximum Gasteiger partial charge on any atom is 0.409 e. The average molecular weight is 473 g/mol. The van der Waals surface area contributed by atoms with Crippen molar-refractivity contribution in [3.8, 4) is 0 Å². The normalized spacial score (nSPS) is 14.1. The van der Waals surface area contributed by atoms with Crippen LogP contribution in [-0.2, 0) is 20.8 Å². The first-order valence-electron chi connectivity index (χ1n) is 11.8. The Morgan fingerprint density at radius 3 is 2.44 bits per heavy atom. The average Bonchev–Trinajstić information content (AvgIpc) is 2.84. The van der Waals surface area contributed by atoms with Crippen molar-refractivity contribution in [3.05, 3.63) is 40.3 Å². The van der Waals surface area contributed by atoms with E-state index in [0.29, 0.717) is 49.9 Å². The molecule has 0 atom stereocenters. The van der Waals surface area contributed by atoms with Gasteiger partial charge in [0.05, 0.1) is 12.0 Å². The predicted molar refractivity (Wildman–Crippen MR) is 126 cm³/mol. The number of esters is 1. The van der Waals surface area contributed by atoms with Gasteiger partial charge in [0, 0.05) is 31.1 Å². The monoisotopic (exact) mass is 472 g/mol. The summed E-state index contributed by atoms with van der Waals surface area (Å²) < 4.78 is 11.5. The van der Waals surface area contributed by atoms with Gasteiger partial charge in [-0.15, -0.1) is 0 Å². The number of nitrogens with zero attached hydrogens (tertiary/aromatic N) is 3. The van der Waals surface area contributed by atoms with Gasteiger partial charge in [0.25, 0.3) is 11.5 Å². The molecule has 10 heteroatoms. The third-order valence-corrected chi connectivity index (χ3v) is 5.75. The lowest BCUT2D eigenvalue weighted by molar-refractivity contribution is -0.125. The zero-order chi connectivity index (χ0) is 24.5. The van der Waals surface area contributed by atoms with Crippen molar-refractivity contribution in [1.29, 1.82) is 0 Å². The number of fused-ring (bicyclic) bond motifs is 1. The minimum absolute atomic E-state index is 0.0160. The number of carbonyl (C=O) groups excluding carboxylic acids is 3. The van der Waals surface area contributed by atoms with Crippen LogP contribution in [0.2, 0.25) is 0 Å². The van der Waals surface area contributed by atoms with Gasteiger partial charge in [-0.1, -0.05) is 38.0 Å². The van der Waals surface area contributed by atoms with E-state index < -0.39 is 18.5 Å². The molecule has 1 aliphatic heterocycles. The van der Waals surface area contributed by atoms with Gasteiger partial charge in [-0.05, 0) is 32.3 Å². The van der Waals surface area contributed by atoms with Crippen molar-refractivity contribution < 1.29 is 23.9 Å². The van der Waals surface area contributed by atoms with E-state index in [4.69, 9.17) is 9.47 Å². The maximum absolute atomic E-state index is 12.8. The van der Waals surface area contributed by atoms with E-state index in [9.17, 15) is 19.2 Å². The summed E-state index contributed by atoms with van der Waals surface area (Å²) in [5, 5.41) is 7.88. The molecule has 1 N–H and O–H groups in total. The van der Waals surface area contributed by atoms with Gasteiger partial charge in [-0.25, -0.2) is 14.3 Å². The van der Waals surface area contributed by atoms with E-state index in [1.807, 2.05) is 0 Å². The zero-order valence-corrected chi connectivity index (χ0v) is 19.7. The fourth-order valence-electron chi connectivity index (χ4n) is 3.94. The van der Waals surface area contributed by atoms with Crippen LogP contribution in [0.1, 0.15) is 56.4 Å². The Morgan fingerprint density at radius 2 is 1.76 bits per heavy atom. The van der Waals surface area contributed by atoms with Crippen molar-refractivity contribution in [1.82, 2.24) is 20.0 Å². The van der Waals surface area contributed by atoms with Crippen LogP contribution in [0.4, 0.5) is 4.79 Å². The Morgan fingerprint density at radius 1 is 1.06 bits per heavy atom. The second kappa shape index (κ2) is 12.2. The smallest absolute Gasteiger partial charge is 0.409 e. The van der Waals surface area contributed by atoms with Crippen LogP contribution in [0.3, 0.4) is 0 Å². The van der Waals surface area contributed by atoms with Crippen molar-refractivity contribution in [2.45, 2.75) is 58.5 Å². The minimum atomic E-state index is -0.757. The van der Waals surface area contributed by atoms with Crippen LogP contribution in [0.5, 0.6) is 0 Å². The lowest BCUT2D eigenvalue weighted by Gasteiger charge is -2.31. The topological polar surface area (TPSA) is 120 Å². The molecular weight excluding hydrogens is 440 g/mol. The summed E-state index contributed by atoms with van der Waals surface area (Å²) in [7, 11) is 0. The third-order valence-electron chi connectivity index (χ3n) is 5.75. The summed E-state index contributed by atoms with van der Waals surface area (Å²) in [6.45, 7) is 5.06. The van der Waals surface area contributed by atoms with Crippen LogP contribution in [0, 0.1) is 0 Å². The van der Waals surface area contributed by atoms with Crippen LogP contribution in [0.25, 0.3) is 10.8 Å². The number of aromatic nitrogens is 2. The molecule has 1 aromatic carbocycles. The number of aryl methyl sites for hydroxylation is 1. The van der Waals surface area contributed by atoms with Crippen LogP contribution >= 0.6 is 0 Å². The molecule has 0 aliphatic carbocycles. The second-order valence-corrected chi connectivity index (χ2v) is 8.23. The van der Waals surface area contributed by atoms with E-state index in [0.717, 1.165) is 19.3 Å². The van der Waals surface area contributed by atoms with Crippen molar-refractivity contribution in [3.63, 3.8) is 0 Å². The third kappa shape index (κ3) is 6.33. The Kier molecular flexibility index (Phi) is 9.00. The van der Waals surface area contributed by atoms with Crippen LogP contribution in [0.15, 0.2) is 29.1 Å². The summed E-state index contributed by atoms with van der Waals surface area (Å²) in [6, 6.07) is 6.64. The maximum atomic E-state index is 12.8. The van der Waals surface area contributed by atoms with E-state index in [1.165, 1.54) is 4.68 Å². The van der Waals surface area contributed by atoms with Gasteiger partial charge < -0.3 is 19.7 Å². The fourth-order valence-corrected chi connectivity index (χ4v) is 3.94. The summed E-state index contributed by atoms with van der Waals surface area (Å²) >= 11 is 0. The Balaban J connectivity index is 1.60. The predicted octanol–water partition coefficient (Wildman–Crippen LogP) is 2.48. The Bertz CT molecular complexity index is 1070. The molecule has 1 aromatic heterocycles. The van der Waals surface area contributed by atoms with Gasteiger partial charge in [-0.2, -0.15) is 5.10 Å². The molecule has 3 rings (SSSR count). The summed E-state index contributed by atoms with van der Waals surface area (Å²) in [5.74, 6) is -1.18. The summed E-state index contributed by atoms with van der Waals surface area (Å²) in [6.07, 6.45) is 3.54. The molecule has 1 aliphatic rings. The van der Waals surface area contributed by atoms with E-state index in [2.05, 4.69) is 17.3 Å². The first kappa shape index (κ1) is 25.2. The number of piperidine rings is 1. The van der Waals surface area contributed by atoms with Gasteiger partial charge in [-0.3, -0.25) is 9.59 Å². The SMILES string of the molecule is CCCCCn1nc(C(=O)OCC(=O)NC2CCN(C(=O)OCC)CC2)c2ccccc2c1=O. The van der Waals surface area contributed by atoms with Crippen LogP contribution in [-0.4, -0.2) is 65.0 Å². The Hall–Kier alpha value is -3.43. The standard InChI is InChI=1S/C24H32N4O6/c1-3-5-8-13-28-22(30)19-10-7-6-9-18(19)21(26-28)23(31)34-16-20(29)25-17-11-14-27(15-12-17)24(32)33-4-2/h6-7,9-10,17H,3-5,8,11-16H2,1-2H3,(H,25,29). The molecule has 1 saturated heterocycles. The first-order chi connectivity index (χ1) is 16.4. The number of ether oxygens (including phenoxy) is 2. The number of nitrogens with one attached hydrogen (secondary N) is 1. The molecule has 0 bridgehead atoms. The van der Waals surface area contributed by atoms with Gasteiger partial charge in [0.2, 0.25) is 0 Å². The molecular formula is C24H32N4O6. The molecule has 1 fully saturated rings. The number of carbonyl (C=O) groups is 3. The number of benzene rings is 1. The van der Waals surface area contributed by atoms with Gasteiger partial charge in [0.1, 0.15) is 0 Å². The first-order valence-corrected chi connectivity index (χ1v) is 11.8. The highest BCUT2D eigenvalue weighted by Gasteiger charge is 2.25. The van der Waals surface area contributed by atoms with E-state index in [1.54, 1.807) is 36.1 Å². The number of likely N-dealkylation sites (tertiary alicyclic amines) is 1. The van der Waals surface area contributed by atoms with Crippen molar-refractivity contribution in [2.75, 3.05) is 26.3 Å². The highest BCUT2D eigenvalue weighted by molar-refractivity contribution is 6.02. The minimum Gasteiger partial charge on any atom is -0.451 e.